The fourth-order valence-electron chi connectivity index (χ4n) is 3.62. The van der Waals surface area contributed by atoms with E-state index in [-0.39, 0.29) is 0 Å². The predicted molar refractivity (Wildman–Crippen MR) is 132 cm³/mol. The molecule has 2 heteroatoms. The monoisotopic (exact) mass is 406 g/mol. The Morgan fingerprint density at radius 2 is 1.75 bits per heavy atom. The predicted octanol–water partition coefficient (Wildman–Crippen LogP) is 8.46. The van der Waals surface area contributed by atoms with E-state index >= 15 is 0 Å². The molecule has 3 aromatic rings. The minimum atomic E-state index is 0.624. The summed E-state index contributed by atoms with van der Waals surface area (Å²) >= 11 is 6.27. The maximum absolute atomic E-state index is 4.46. The van der Waals surface area contributed by atoms with E-state index in [0.29, 0.717) is 5.92 Å². The van der Waals surface area contributed by atoms with E-state index in [0.717, 1.165) is 5.75 Å². The molecule has 3 aromatic carbocycles. The molecule has 0 heterocycles. The van der Waals surface area contributed by atoms with Crippen molar-refractivity contribution in [1.29, 1.82) is 0 Å². The van der Waals surface area contributed by atoms with E-state index in [4.69, 9.17) is 0 Å². The molecule has 0 saturated carbocycles. The lowest BCUT2D eigenvalue weighted by molar-refractivity contribution is 0.625. The molecular formula is C26H30S2. The number of thiol groups is 1. The molecule has 28 heavy (non-hydrogen) atoms. The number of unbranched alkanes of at least 4 members (excludes halogenated alkanes) is 1. The van der Waals surface area contributed by atoms with Gasteiger partial charge in [-0.3, -0.25) is 0 Å². The molecule has 0 aliphatic heterocycles. The van der Waals surface area contributed by atoms with Crippen LogP contribution in [0, 0.1) is 0 Å². The fourth-order valence-corrected chi connectivity index (χ4v) is 4.52. The van der Waals surface area contributed by atoms with Crippen LogP contribution >= 0.6 is 24.4 Å². The van der Waals surface area contributed by atoms with Crippen LogP contribution in [-0.2, 0) is 5.75 Å². The van der Waals surface area contributed by atoms with Gasteiger partial charge in [0, 0.05) is 10.6 Å². The first-order valence-electron chi connectivity index (χ1n) is 10.1. The Bertz CT molecular complexity index is 956. The maximum Gasteiger partial charge on any atom is 0.0160 e. The van der Waals surface area contributed by atoms with Crippen molar-refractivity contribution < 1.29 is 0 Å². The average molecular weight is 407 g/mol. The number of thioether (sulfide) groups is 1. The van der Waals surface area contributed by atoms with E-state index in [1.54, 1.807) is 0 Å². The van der Waals surface area contributed by atoms with Gasteiger partial charge in [0.05, 0.1) is 0 Å². The van der Waals surface area contributed by atoms with Crippen molar-refractivity contribution in [1.82, 2.24) is 0 Å². The van der Waals surface area contributed by atoms with Crippen molar-refractivity contribution in [2.24, 2.45) is 0 Å². The maximum atomic E-state index is 4.46. The third kappa shape index (κ3) is 5.04. The van der Waals surface area contributed by atoms with Crippen LogP contribution in [0.25, 0.3) is 22.9 Å². The van der Waals surface area contributed by atoms with Gasteiger partial charge in [-0.05, 0) is 63.8 Å². The van der Waals surface area contributed by atoms with Crippen LogP contribution in [-0.4, -0.2) is 6.26 Å². The van der Waals surface area contributed by atoms with E-state index < -0.39 is 0 Å². The van der Waals surface area contributed by atoms with E-state index in [1.807, 2.05) is 11.8 Å². The number of rotatable bonds is 8. The summed E-state index contributed by atoms with van der Waals surface area (Å²) < 4.78 is 0. The van der Waals surface area contributed by atoms with Crippen LogP contribution in [0.5, 0.6) is 0 Å². The molecule has 0 bridgehead atoms. The zero-order chi connectivity index (χ0) is 19.9. The third-order valence-electron chi connectivity index (χ3n) is 5.44. The van der Waals surface area contributed by atoms with E-state index in [9.17, 15) is 0 Å². The van der Waals surface area contributed by atoms with Gasteiger partial charge in [-0.1, -0.05) is 81.3 Å². The van der Waals surface area contributed by atoms with Crippen molar-refractivity contribution in [3.63, 3.8) is 0 Å². The summed E-state index contributed by atoms with van der Waals surface area (Å²) in [6, 6.07) is 20.1. The summed E-state index contributed by atoms with van der Waals surface area (Å²) in [7, 11) is 0. The van der Waals surface area contributed by atoms with Gasteiger partial charge in [0.25, 0.3) is 0 Å². The second kappa shape index (κ2) is 10.2. The molecule has 0 spiro atoms. The first kappa shape index (κ1) is 21.1. The largest absolute Gasteiger partial charge is 0.175 e. The second-order valence-corrected chi connectivity index (χ2v) is 8.60. The smallest absolute Gasteiger partial charge is 0.0160 e. The van der Waals surface area contributed by atoms with Crippen LogP contribution in [0.15, 0.2) is 59.5 Å². The van der Waals surface area contributed by atoms with Crippen LogP contribution in [0.2, 0.25) is 0 Å². The van der Waals surface area contributed by atoms with Crippen molar-refractivity contribution >= 4 is 47.3 Å². The zero-order valence-corrected chi connectivity index (χ0v) is 18.8. The zero-order valence-electron chi connectivity index (χ0n) is 17.1. The number of benzene rings is 3. The molecule has 0 aliphatic rings. The van der Waals surface area contributed by atoms with Crippen LogP contribution in [0.4, 0.5) is 0 Å². The minimum absolute atomic E-state index is 0.624. The van der Waals surface area contributed by atoms with Crippen LogP contribution in [0.3, 0.4) is 0 Å². The number of hydrogen-bond donors (Lipinski definition) is 1. The molecule has 0 nitrogen and oxygen atoms in total. The van der Waals surface area contributed by atoms with Crippen LogP contribution < -0.4 is 0 Å². The minimum Gasteiger partial charge on any atom is -0.175 e. The molecule has 0 radical (unpaired) electrons. The Balaban J connectivity index is 1.94. The third-order valence-corrected chi connectivity index (χ3v) is 6.57. The summed E-state index contributed by atoms with van der Waals surface area (Å²) in [5.74, 6) is 1.38. The molecule has 0 amide bonds. The summed E-state index contributed by atoms with van der Waals surface area (Å²) in [4.78, 5) is 1.32. The Kier molecular flexibility index (Phi) is 7.70. The Labute approximate surface area is 179 Å². The quantitative estimate of drug-likeness (QED) is 0.222. The highest BCUT2D eigenvalue weighted by Gasteiger charge is 2.08. The lowest BCUT2D eigenvalue weighted by atomic mass is 9.93. The highest BCUT2D eigenvalue weighted by atomic mass is 32.2. The highest BCUT2D eigenvalue weighted by Crippen LogP contribution is 2.31. The molecule has 0 fully saturated rings. The van der Waals surface area contributed by atoms with Gasteiger partial charge in [-0.2, -0.15) is 12.6 Å². The highest BCUT2D eigenvalue weighted by molar-refractivity contribution is 7.98. The molecule has 0 aliphatic carbocycles. The molecule has 0 N–H and O–H groups in total. The Hall–Kier alpha value is -1.64. The summed E-state index contributed by atoms with van der Waals surface area (Å²) in [5.41, 5.74) is 5.24. The van der Waals surface area contributed by atoms with Gasteiger partial charge in [0.2, 0.25) is 0 Å². The van der Waals surface area contributed by atoms with Crippen LogP contribution in [0.1, 0.15) is 61.3 Å². The number of hydrogen-bond acceptors (Lipinski definition) is 2. The van der Waals surface area contributed by atoms with Gasteiger partial charge < -0.3 is 0 Å². The summed E-state index contributed by atoms with van der Waals surface area (Å²) in [6.07, 6.45) is 10.4. The topological polar surface area (TPSA) is 0 Å². The molecule has 0 aromatic heterocycles. The van der Waals surface area contributed by atoms with Crippen molar-refractivity contribution in [3.8, 4) is 0 Å². The molecular weight excluding hydrogens is 376 g/mol. The standard InChI is InChI=1S/C26H30S2/c1-4-5-8-19(2)21-12-13-22-16-23(26(28-3)17-25(22)15-21)14-11-20-9-6-7-10-24(20)18-27/h6-7,9-17,19,27H,4-5,8,18H2,1-3H3/b14-11+. The second-order valence-electron chi connectivity index (χ2n) is 7.43. The fraction of sp³-hybridized carbons (Fsp3) is 0.308. The van der Waals surface area contributed by atoms with Crippen molar-refractivity contribution in [2.45, 2.75) is 49.7 Å². The molecule has 3 rings (SSSR count). The van der Waals surface area contributed by atoms with Crippen molar-refractivity contribution in [2.75, 3.05) is 6.26 Å². The van der Waals surface area contributed by atoms with Gasteiger partial charge in [-0.15, -0.1) is 11.8 Å². The lowest BCUT2D eigenvalue weighted by Gasteiger charge is -2.13. The van der Waals surface area contributed by atoms with Crippen molar-refractivity contribution in [3.05, 3.63) is 76.9 Å². The van der Waals surface area contributed by atoms with Gasteiger partial charge in [0.15, 0.2) is 0 Å². The van der Waals surface area contributed by atoms with E-state index in [2.05, 4.69) is 99.5 Å². The Morgan fingerprint density at radius 3 is 2.50 bits per heavy atom. The summed E-state index contributed by atoms with van der Waals surface area (Å²) in [6.45, 7) is 4.61. The summed E-state index contributed by atoms with van der Waals surface area (Å²) in [5, 5.41) is 2.66. The number of fused-ring (bicyclic) bond motifs is 1. The normalized spacial score (nSPS) is 12.7. The Morgan fingerprint density at radius 1 is 0.964 bits per heavy atom. The first-order valence-corrected chi connectivity index (χ1v) is 12.0. The van der Waals surface area contributed by atoms with Gasteiger partial charge in [-0.25, -0.2) is 0 Å². The molecule has 1 atom stereocenters. The van der Waals surface area contributed by atoms with Gasteiger partial charge in [0.1, 0.15) is 0 Å². The first-order chi connectivity index (χ1) is 13.7. The molecule has 146 valence electrons. The lowest BCUT2D eigenvalue weighted by Crippen LogP contribution is -1.94. The van der Waals surface area contributed by atoms with E-state index in [1.165, 1.54) is 57.2 Å². The molecule has 0 saturated heterocycles. The van der Waals surface area contributed by atoms with Gasteiger partial charge >= 0.3 is 0 Å². The average Bonchev–Trinajstić information content (AvgIpc) is 2.75. The SMILES string of the molecule is CCCCC(C)c1ccc2cc(/C=C/c3ccccc3CS)c(SC)cc2c1. The molecule has 1 unspecified atom stereocenters.